The molecular formula is C18H30N2O3. The van der Waals surface area contributed by atoms with Gasteiger partial charge in [0, 0.05) is 44.9 Å². The molecule has 0 amide bonds. The molecule has 0 spiro atoms. The fourth-order valence-electron chi connectivity index (χ4n) is 3.28. The monoisotopic (exact) mass is 322 g/mol. The first kappa shape index (κ1) is 18.2. The van der Waals surface area contributed by atoms with Crippen LogP contribution in [-0.2, 0) is 6.54 Å². The van der Waals surface area contributed by atoms with Gasteiger partial charge in [0.15, 0.2) is 0 Å². The number of hydrogen-bond donors (Lipinski definition) is 2. The van der Waals surface area contributed by atoms with Crippen molar-refractivity contribution >= 4 is 0 Å². The molecule has 0 unspecified atom stereocenters. The summed E-state index contributed by atoms with van der Waals surface area (Å²) in [6.07, 6.45) is 0.836. The Kier molecular flexibility index (Phi) is 7.30. The number of aliphatic hydroxyl groups excluding tert-OH is 2. The zero-order chi connectivity index (χ0) is 16.7. The summed E-state index contributed by atoms with van der Waals surface area (Å²) < 4.78 is 5.39. The summed E-state index contributed by atoms with van der Waals surface area (Å²) >= 11 is 0. The second-order valence-corrected chi connectivity index (χ2v) is 6.45. The van der Waals surface area contributed by atoms with Crippen molar-refractivity contribution in [1.29, 1.82) is 0 Å². The normalized spacial score (nSPS) is 20.1. The average Bonchev–Trinajstić information content (AvgIpc) is 2.54. The molecule has 1 heterocycles. The van der Waals surface area contributed by atoms with Crippen molar-refractivity contribution in [3.63, 3.8) is 0 Å². The molecule has 0 saturated carbocycles. The van der Waals surface area contributed by atoms with Crippen LogP contribution in [0.3, 0.4) is 0 Å². The quantitative estimate of drug-likeness (QED) is 0.756. The molecule has 0 aliphatic carbocycles. The number of hydrogen-bond acceptors (Lipinski definition) is 5. The number of ether oxygens (including phenoxy) is 1. The van der Waals surface area contributed by atoms with Crippen molar-refractivity contribution in [3.8, 4) is 5.75 Å². The molecule has 1 atom stereocenters. The van der Waals surface area contributed by atoms with Gasteiger partial charge in [0.05, 0.1) is 6.61 Å². The molecule has 0 bridgehead atoms. The van der Waals surface area contributed by atoms with Gasteiger partial charge in [-0.05, 0) is 38.0 Å². The Morgan fingerprint density at radius 1 is 1.13 bits per heavy atom. The Bertz CT molecular complexity index is 450. The topological polar surface area (TPSA) is 56.2 Å². The minimum Gasteiger partial charge on any atom is -0.491 e. The van der Waals surface area contributed by atoms with Crippen molar-refractivity contribution < 1.29 is 14.9 Å². The van der Waals surface area contributed by atoms with E-state index in [1.54, 1.807) is 0 Å². The van der Waals surface area contributed by atoms with Crippen LogP contribution in [0.1, 0.15) is 25.8 Å². The van der Waals surface area contributed by atoms with Gasteiger partial charge in [0.25, 0.3) is 0 Å². The van der Waals surface area contributed by atoms with E-state index in [-0.39, 0.29) is 13.2 Å². The highest BCUT2D eigenvalue weighted by Gasteiger charge is 2.28. The summed E-state index contributed by atoms with van der Waals surface area (Å²) in [6, 6.07) is 9.05. The van der Waals surface area contributed by atoms with E-state index >= 15 is 0 Å². The Morgan fingerprint density at radius 2 is 1.87 bits per heavy atom. The maximum Gasteiger partial charge on any atom is 0.119 e. The Balaban J connectivity index is 1.90. The van der Waals surface area contributed by atoms with Gasteiger partial charge in [0.1, 0.15) is 12.4 Å². The third kappa shape index (κ3) is 5.46. The zero-order valence-electron chi connectivity index (χ0n) is 14.3. The molecule has 1 aliphatic rings. The summed E-state index contributed by atoms with van der Waals surface area (Å²) in [6.45, 7) is 9.11. The van der Waals surface area contributed by atoms with Crippen molar-refractivity contribution in [2.24, 2.45) is 0 Å². The van der Waals surface area contributed by atoms with E-state index in [9.17, 15) is 5.11 Å². The van der Waals surface area contributed by atoms with Crippen LogP contribution in [-0.4, -0.2) is 71.6 Å². The van der Waals surface area contributed by atoms with Crippen LogP contribution in [0.2, 0.25) is 0 Å². The molecule has 5 heteroatoms. The first-order chi connectivity index (χ1) is 11.1. The van der Waals surface area contributed by atoms with E-state index in [4.69, 9.17) is 9.84 Å². The smallest absolute Gasteiger partial charge is 0.119 e. The molecule has 23 heavy (non-hydrogen) atoms. The van der Waals surface area contributed by atoms with Crippen LogP contribution in [0.25, 0.3) is 0 Å². The van der Waals surface area contributed by atoms with E-state index in [0.29, 0.717) is 18.7 Å². The minimum absolute atomic E-state index is 0.0358. The van der Waals surface area contributed by atoms with Crippen LogP contribution >= 0.6 is 0 Å². The SMILES string of the molecule is CC(C)N1CCN(Cc2ccc(OCCO)cc2)C[C@@H]1CCO. The molecule has 1 fully saturated rings. The number of piperazine rings is 1. The fraction of sp³-hybridized carbons (Fsp3) is 0.667. The highest BCUT2D eigenvalue weighted by molar-refractivity contribution is 5.27. The lowest BCUT2D eigenvalue weighted by molar-refractivity contribution is 0.0349. The lowest BCUT2D eigenvalue weighted by Crippen LogP contribution is -2.55. The molecule has 1 aliphatic heterocycles. The van der Waals surface area contributed by atoms with Crippen LogP contribution in [0.5, 0.6) is 5.75 Å². The number of benzene rings is 1. The predicted octanol–water partition coefficient (Wildman–Crippen LogP) is 1.33. The summed E-state index contributed by atoms with van der Waals surface area (Å²) in [5, 5.41) is 18.1. The molecule has 2 rings (SSSR count). The maximum absolute atomic E-state index is 9.32. The second-order valence-electron chi connectivity index (χ2n) is 6.45. The first-order valence-electron chi connectivity index (χ1n) is 8.55. The number of nitrogens with zero attached hydrogens (tertiary/aromatic N) is 2. The fourth-order valence-corrected chi connectivity index (χ4v) is 3.28. The largest absolute Gasteiger partial charge is 0.491 e. The van der Waals surface area contributed by atoms with Crippen LogP contribution in [0.4, 0.5) is 0 Å². The highest BCUT2D eigenvalue weighted by atomic mass is 16.5. The molecule has 1 saturated heterocycles. The lowest BCUT2D eigenvalue weighted by atomic mass is 10.1. The van der Waals surface area contributed by atoms with Gasteiger partial charge in [-0.25, -0.2) is 0 Å². The molecule has 1 aromatic rings. The van der Waals surface area contributed by atoms with Gasteiger partial charge in [0.2, 0.25) is 0 Å². The minimum atomic E-state index is 0.0358. The summed E-state index contributed by atoms with van der Waals surface area (Å²) in [5.74, 6) is 0.797. The van der Waals surface area contributed by atoms with E-state index in [1.165, 1.54) is 5.56 Å². The Labute approximate surface area is 139 Å². The van der Waals surface area contributed by atoms with Crippen molar-refractivity contribution in [3.05, 3.63) is 29.8 Å². The highest BCUT2D eigenvalue weighted by Crippen LogP contribution is 2.19. The summed E-state index contributed by atoms with van der Waals surface area (Å²) in [5.41, 5.74) is 1.27. The lowest BCUT2D eigenvalue weighted by Gasteiger charge is -2.43. The van der Waals surface area contributed by atoms with Crippen molar-refractivity contribution in [2.45, 2.75) is 38.9 Å². The van der Waals surface area contributed by atoms with E-state index in [2.05, 4.69) is 35.8 Å². The van der Waals surface area contributed by atoms with Gasteiger partial charge in [-0.15, -0.1) is 0 Å². The van der Waals surface area contributed by atoms with Crippen molar-refractivity contribution in [2.75, 3.05) is 39.5 Å². The van der Waals surface area contributed by atoms with Gasteiger partial charge in [-0.3, -0.25) is 9.80 Å². The van der Waals surface area contributed by atoms with Gasteiger partial charge in [-0.2, -0.15) is 0 Å². The third-order valence-electron chi connectivity index (χ3n) is 4.43. The second kappa shape index (κ2) is 9.23. The van der Waals surface area contributed by atoms with Gasteiger partial charge >= 0.3 is 0 Å². The average molecular weight is 322 g/mol. The van der Waals surface area contributed by atoms with E-state index < -0.39 is 0 Å². The van der Waals surface area contributed by atoms with Crippen LogP contribution < -0.4 is 4.74 Å². The molecule has 130 valence electrons. The molecule has 1 aromatic carbocycles. The molecule has 5 nitrogen and oxygen atoms in total. The van der Waals surface area contributed by atoms with E-state index in [1.807, 2.05) is 12.1 Å². The Hall–Kier alpha value is -1.14. The Morgan fingerprint density at radius 3 is 2.48 bits per heavy atom. The van der Waals surface area contributed by atoms with E-state index in [0.717, 1.165) is 38.3 Å². The third-order valence-corrected chi connectivity index (χ3v) is 4.43. The standard InChI is InChI=1S/C18H30N2O3/c1-15(2)20-9-8-19(14-17(20)7-10-21)13-16-3-5-18(6-4-16)23-12-11-22/h3-6,15,17,21-22H,7-14H2,1-2H3/t17-/m0/s1. The summed E-state index contributed by atoms with van der Waals surface area (Å²) in [7, 11) is 0. The predicted molar refractivity (Wildman–Crippen MR) is 91.6 cm³/mol. The van der Waals surface area contributed by atoms with Gasteiger partial charge < -0.3 is 14.9 Å². The molecule has 0 aromatic heterocycles. The van der Waals surface area contributed by atoms with Crippen LogP contribution in [0, 0.1) is 0 Å². The molecular weight excluding hydrogens is 292 g/mol. The number of aliphatic hydroxyl groups is 2. The summed E-state index contributed by atoms with van der Waals surface area (Å²) in [4.78, 5) is 4.96. The van der Waals surface area contributed by atoms with Crippen molar-refractivity contribution in [1.82, 2.24) is 9.80 Å². The zero-order valence-corrected chi connectivity index (χ0v) is 14.3. The number of rotatable bonds is 8. The molecule has 2 N–H and O–H groups in total. The maximum atomic E-state index is 9.32. The van der Waals surface area contributed by atoms with Crippen LogP contribution in [0.15, 0.2) is 24.3 Å². The van der Waals surface area contributed by atoms with Gasteiger partial charge in [-0.1, -0.05) is 12.1 Å². The molecule has 0 radical (unpaired) electrons. The first-order valence-corrected chi connectivity index (χ1v) is 8.55.